The second-order valence-corrected chi connectivity index (χ2v) is 5.82. The van der Waals surface area contributed by atoms with Crippen LogP contribution in [-0.4, -0.2) is 23.9 Å². The molecular formula is C11H11BrINO. The SMILES string of the molecule is O=C(c1cc(Br)cc(I)c1)N1CCCC1. The molecule has 0 atom stereocenters. The molecule has 0 N–H and O–H groups in total. The minimum absolute atomic E-state index is 0.159. The largest absolute Gasteiger partial charge is 0.339 e. The van der Waals surface area contributed by atoms with Crippen LogP contribution in [0.25, 0.3) is 0 Å². The van der Waals surface area contributed by atoms with Crippen LogP contribution >= 0.6 is 38.5 Å². The first-order valence-electron chi connectivity index (χ1n) is 4.92. The summed E-state index contributed by atoms with van der Waals surface area (Å²) in [7, 11) is 0. The quantitative estimate of drug-likeness (QED) is 0.685. The van der Waals surface area contributed by atoms with Crippen LogP contribution in [0.3, 0.4) is 0 Å². The Balaban J connectivity index is 2.24. The summed E-state index contributed by atoms with van der Waals surface area (Å²) >= 11 is 5.64. The van der Waals surface area contributed by atoms with Crippen molar-refractivity contribution in [2.75, 3.05) is 13.1 Å². The Hall–Kier alpha value is -0.100. The fraction of sp³-hybridized carbons (Fsp3) is 0.364. The minimum atomic E-state index is 0.159. The highest BCUT2D eigenvalue weighted by Crippen LogP contribution is 2.20. The van der Waals surface area contributed by atoms with Gasteiger partial charge in [-0.25, -0.2) is 0 Å². The Morgan fingerprint density at radius 1 is 1.27 bits per heavy atom. The van der Waals surface area contributed by atoms with Gasteiger partial charge in [0, 0.05) is 26.7 Å². The molecular weight excluding hydrogens is 369 g/mol. The number of hydrogen-bond donors (Lipinski definition) is 0. The van der Waals surface area contributed by atoms with Gasteiger partial charge in [0.15, 0.2) is 0 Å². The molecule has 1 heterocycles. The highest BCUT2D eigenvalue weighted by molar-refractivity contribution is 14.1. The third-order valence-corrected chi connectivity index (χ3v) is 3.58. The van der Waals surface area contributed by atoms with Gasteiger partial charge in [0.1, 0.15) is 0 Å². The molecule has 1 aromatic carbocycles. The number of hydrogen-bond acceptors (Lipinski definition) is 1. The van der Waals surface area contributed by atoms with E-state index in [2.05, 4.69) is 38.5 Å². The van der Waals surface area contributed by atoms with Crippen LogP contribution in [0, 0.1) is 3.57 Å². The van der Waals surface area contributed by atoms with Crippen LogP contribution in [0.5, 0.6) is 0 Å². The molecule has 0 aliphatic carbocycles. The zero-order chi connectivity index (χ0) is 10.8. The average Bonchev–Trinajstić information content (AvgIpc) is 2.67. The predicted molar refractivity (Wildman–Crippen MR) is 72.0 cm³/mol. The Morgan fingerprint density at radius 3 is 2.53 bits per heavy atom. The lowest BCUT2D eigenvalue weighted by Gasteiger charge is -2.15. The molecule has 80 valence electrons. The van der Waals surface area contributed by atoms with Crippen LogP contribution in [-0.2, 0) is 0 Å². The van der Waals surface area contributed by atoms with Gasteiger partial charge in [0.05, 0.1) is 0 Å². The Kier molecular flexibility index (Phi) is 3.66. The fourth-order valence-corrected chi connectivity index (χ4v) is 3.37. The lowest BCUT2D eigenvalue weighted by molar-refractivity contribution is 0.0792. The minimum Gasteiger partial charge on any atom is -0.339 e. The first-order chi connectivity index (χ1) is 7.16. The predicted octanol–water partition coefficient (Wildman–Crippen LogP) is 3.29. The number of carbonyl (C=O) groups is 1. The summed E-state index contributed by atoms with van der Waals surface area (Å²) in [5.41, 5.74) is 0.788. The number of nitrogens with zero attached hydrogens (tertiary/aromatic N) is 1. The van der Waals surface area contributed by atoms with Crippen molar-refractivity contribution in [2.24, 2.45) is 0 Å². The Morgan fingerprint density at radius 2 is 1.93 bits per heavy atom. The summed E-state index contributed by atoms with van der Waals surface area (Å²) in [6.45, 7) is 1.81. The van der Waals surface area contributed by atoms with E-state index in [0.717, 1.165) is 39.5 Å². The lowest BCUT2D eigenvalue weighted by atomic mass is 10.2. The molecule has 1 saturated heterocycles. The standard InChI is InChI=1S/C11H11BrINO/c12-9-5-8(6-10(13)7-9)11(15)14-3-1-2-4-14/h5-7H,1-4H2. The number of likely N-dealkylation sites (tertiary alicyclic amines) is 1. The van der Waals surface area contributed by atoms with Crippen molar-refractivity contribution in [3.8, 4) is 0 Å². The van der Waals surface area contributed by atoms with Crippen molar-refractivity contribution in [3.05, 3.63) is 31.8 Å². The lowest BCUT2D eigenvalue weighted by Crippen LogP contribution is -2.27. The van der Waals surface area contributed by atoms with Crippen molar-refractivity contribution in [1.29, 1.82) is 0 Å². The zero-order valence-corrected chi connectivity index (χ0v) is 11.9. The molecule has 1 fully saturated rings. The van der Waals surface area contributed by atoms with Gasteiger partial charge in [-0.15, -0.1) is 0 Å². The van der Waals surface area contributed by atoms with Gasteiger partial charge in [0.25, 0.3) is 5.91 Å². The summed E-state index contributed by atoms with van der Waals surface area (Å²) in [6, 6.07) is 5.83. The number of rotatable bonds is 1. The van der Waals surface area contributed by atoms with Crippen LogP contribution in [0.15, 0.2) is 22.7 Å². The van der Waals surface area contributed by atoms with Gasteiger partial charge >= 0.3 is 0 Å². The molecule has 15 heavy (non-hydrogen) atoms. The molecule has 1 aliphatic heterocycles. The molecule has 4 heteroatoms. The van der Waals surface area contributed by atoms with Gasteiger partial charge in [-0.05, 0) is 53.6 Å². The first kappa shape index (κ1) is 11.4. The molecule has 0 bridgehead atoms. The second kappa shape index (κ2) is 4.82. The first-order valence-corrected chi connectivity index (χ1v) is 6.79. The van der Waals surface area contributed by atoms with Gasteiger partial charge in [-0.2, -0.15) is 0 Å². The van der Waals surface area contributed by atoms with E-state index in [4.69, 9.17) is 0 Å². The molecule has 1 amide bonds. The van der Waals surface area contributed by atoms with E-state index in [1.54, 1.807) is 0 Å². The average molecular weight is 380 g/mol. The normalized spacial score (nSPS) is 15.7. The van der Waals surface area contributed by atoms with E-state index in [0.29, 0.717) is 0 Å². The van der Waals surface area contributed by atoms with E-state index in [-0.39, 0.29) is 5.91 Å². The summed E-state index contributed by atoms with van der Waals surface area (Å²) in [5.74, 6) is 0.159. The molecule has 2 nitrogen and oxygen atoms in total. The van der Waals surface area contributed by atoms with Crippen molar-refractivity contribution < 1.29 is 4.79 Å². The van der Waals surface area contributed by atoms with Crippen LogP contribution in [0.4, 0.5) is 0 Å². The van der Waals surface area contributed by atoms with Crippen LogP contribution < -0.4 is 0 Å². The van der Waals surface area contributed by atoms with Crippen molar-refractivity contribution in [1.82, 2.24) is 4.90 Å². The summed E-state index contributed by atoms with van der Waals surface area (Å²) in [6.07, 6.45) is 2.27. The van der Waals surface area contributed by atoms with Crippen molar-refractivity contribution in [3.63, 3.8) is 0 Å². The molecule has 0 unspecified atom stereocenters. The van der Waals surface area contributed by atoms with Crippen molar-refractivity contribution in [2.45, 2.75) is 12.8 Å². The van der Waals surface area contributed by atoms with Crippen LogP contribution in [0.2, 0.25) is 0 Å². The monoisotopic (exact) mass is 379 g/mol. The molecule has 0 radical (unpaired) electrons. The molecule has 2 rings (SSSR count). The van der Waals surface area contributed by atoms with Gasteiger partial charge in [-0.1, -0.05) is 15.9 Å². The zero-order valence-electron chi connectivity index (χ0n) is 8.17. The number of carbonyl (C=O) groups excluding carboxylic acids is 1. The third-order valence-electron chi connectivity index (χ3n) is 2.50. The highest BCUT2D eigenvalue weighted by atomic mass is 127. The van der Waals surface area contributed by atoms with Crippen LogP contribution in [0.1, 0.15) is 23.2 Å². The Labute approximate surface area is 111 Å². The van der Waals surface area contributed by atoms with E-state index in [1.807, 2.05) is 23.1 Å². The topological polar surface area (TPSA) is 20.3 Å². The number of amides is 1. The van der Waals surface area contributed by atoms with E-state index >= 15 is 0 Å². The van der Waals surface area contributed by atoms with Gasteiger partial charge in [0.2, 0.25) is 0 Å². The summed E-state index contributed by atoms with van der Waals surface area (Å²) in [4.78, 5) is 14.0. The molecule has 1 aliphatic rings. The number of benzene rings is 1. The van der Waals surface area contributed by atoms with E-state index < -0.39 is 0 Å². The molecule has 0 saturated carbocycles. The van der Waals surface area contributed by atoms with Gasteiger partial charge in [-0.3, -0.25) is 4.79 Å². The molecule has 0 aromatic heterocycles. The third kappa shape index (κ3) is 2.72. The molecule has 0 spiro atoms. The highest BCUT2D eigenvalue weighted by Gasteiger charge is 2.19. The van der Waals surface area contributed by atoms with Gasteiger partial charge < -0.3 is 4.90 Å². The maximum Gasteiger partial charge on any atom is 0.253 e. The summed E-state index contributed by atoms with van der Waals surface area (Å²) in [5, 5.41) is 0. The second-order valence-electron chi connectivity index (χ2n) is 3.66. The number of halogens is 2. The van der Waals surface area contributed by atoms with E-state index in [1.165, 1.54) is 0 Å². The van der Waals surface area contributed by atoms with Crippen molar-refractivity contribution >= 4 is 44.4 Å². The maximum atomic E-state index is 12.1. The summed E-state index contributed by atoms with van der Waals surface area (Å²) < 4.78 is 2.06. The smallest absolute Gasteiger partial charge is 0.253 e. The van der Waals surface area contributed by atoms with E-state index in [9.17, 15) is 4.79 Å². The Bertz CT molecular complexity index is 368. The molecule has 1 aromatic rings. The maximum absolute atomic E-state index is 12.1. The fourth-order valence-electron chi connectivity index (χ4n) is 1.78.